The Morgan fingerprint density at radius 2 is 0.789 bits per heavy atom. The van der Waals surface area contributed by atoms with Crippen molar-refractivity contribution >= 4 is 64.3 Å². The molecule has 4 rings (SSSR count). The second-order valence-electron chi connectivity index (χ2n) is 12.5. The largest absolute Gasteiger partial charge is 0.480 e. The van der Waals surface area contributed by atoms with Crippen LogP contribution in [0.4, 0.5) is 22.7 Å². The van der Waals surface area contributed by atoms with Gasteiger partial charge in [0.25, 0.3) is 11.8 Å². The van der Waals surface area contributed by atoms with E-state index in [0.29, 0.717) is 22.7 Å². The number of anilines is 4. The first-order valence-electron chi connectivity index (χ1n) is 17.4. The van der Waals surface area contributed by atoms with E-state index in [1.807, 2.05) is 0 Å². The van der Waals surface area contributed by atoms with E-state index < -0.39 is 61.2 Å². The Morgan fingerprint density at radius 3 is 1.14 bits per heavy atom. The zero-order valence-corrected chi connectivity index (χ0v) is 30.5. The SMILES string of the molecule is O=C(O)CN(CCN(CC(=O)O)CC(=O)Nc1cccc(NC(=O)c2ccccn2)c1)CCN(CC(=O)O)CC(=O)Nc1cccc(NC(=O)c2ccccn2)c1. The number of benzene rings is 2. The number of rotatable bonds is 22. The van der Waals surface area contributed by atoms with Gasteiger partial charge >= 0.3 is 17.9 Å². The standard InChI is InChI=1S/C38H41N9O10/c48-32(41-26-7-5-9-28(19-26)43-37(56)30-11-1-3-13-39-30)21-46(24-35(52)53)17-15-45(23-34(50)51)16-18-47(25-36(54)55)22-33(49)42-27-8-6-10-29(20-27)44-38(57)31-12-2-4-14-40-31/h1-14,19-20H,15-18,21-25H2,(H,41,48)(H,42,49)(H,43,56)(H,44,57)(H,50,51)(H,52,53)(H,54,55). The average Bonchev–Trinajstić information content (AvgIpc) is 3.16. The van der Waals surface area contributed by atoms with Crippen LogP contribution in [-0.4, -0.2) is 140 Å². The lowest BCUT2D eigenvalue weighted by molar-refractivity contribution is -0.140. The predicted molar refractivity (Wildman–Crippen MR) is 207 cm³/mol. The third-order valence-corrected chi connectivity index (χ3v) is 7.88. The number of hydrogen-bond donors (Lipinski definition) is 7. The molecule has 0 spiro atoms. The maximum Gasteiger partial charge on any atom is 0.317 e. The maximum absolute atomic E-state index is 13.0. The summed E-state index contributed by atoms with van der Waals surface area (Å²) in [6.45, 7) is -2.50. The summed E-state index contributed by atoms with van der Waals surface area (Å²) >= 11 is 0. The van der Waals surface area contributed by atoms with E-state index in [-0.39, 0.29) is 50.7 Å². The molecule has 0 unspecified atom stereocenters. The van der Waals surface area contributed by atoms with Gasteiger partial charge in [0.2, 0.25) is 11.8 Å². The summed E-state index contributed by atoms with van der Waals surface area (Å²) in [7, 11) is 0. The fraction of sp³-hybridized carbons (Fsp3) is 0.237. The Labute approximate surface area is 326 Å². The van der Waals surface area contributed by atoms with Gasteiger partial charge in [-0.15, -0.1) is 0 Å². The van der Waals surface area contributed by atoms with Gasteiger partial charge in [0.15, 0.2) is 0 Å². The fourth-order valence-electron chi connectivity index (χ4n) is 5.38. The number of amides is 4. The van der Waals surface area contributed by atoms with E-state index in [0.717, 1.165) is 0 Å². The van der Waals surface area contributed by atoms with Gasteiger partial charge in [-0.25, -0.2) is 0 Å². The Morgan fingerprint density at radius 1 is 0.439 bits per heavy atom. The summed E-state index contributed by atoms with van der Waals surface area (Å²) in [5.74, 6) is -5.73. The summed E-state index contributed by atoms with van der Waals surface area (Å²) in [6.07, 6.45) is 2.95. The van der Waals surface area contributed by atoms with Crippen molar-refractivity contribution in [2.45, 2.75) is 0 Å². The number of hydrogen-bond acceptors (Lipinski definition) is 12. The highest BCUT2D eigenvalue weighted by Crippen LogP contribution is 2.17. The van der Waals surface area contributed by atoms with Crippen LogP contribution < -0.4 is 21.3 Å². The van der Waals surface area contributed by atoms with Crippen molar-refractivity contribution in [1.29, 1.82) is 0 Å². The van der Waals surface area contributed by atoms with Gasteiger partial charge in [-0.1, -0.05) is 24.3 Å². The maximum atomic E-state index is 13.0. The van der Waals surface area contributed by atoms with Crippen LogP contribution in [0.25, 0.3) is 0 Å². The summed E-state index contributed by atoms with van der Waals surface area (Å²) < 4.78 is 0. The number of aromatic nitrogens is 2. The van der Waals surface area contributed by atoms with Crippen LogP contribution in [0.1, 0.15) is 21.0 Å². The summed E-state index contributed by atoms with van der Waals surface area (Å²) in [6, 6.07) is 22.4. The number of carbonyl (C=O) groups excluding carboxylic acids is 4. The molecule has 0 aliphatic rings. The van der Waals surface area contributed by atoms with Crippen molar-refractivity contribution in [3.63, 3.8) is 0 Å². The zero-order chi connectivity index (χ0) is 41.2. The molecule has 0 saturated heterocycles. The Hall–Kier alpha value is -7.09. The molecule has 0 aliphatic heterocycles. The van der Waals surface area contributed by atoms with E-state index in [1.54, 1.807) is 72.8 Å². The molecule has 2 heterocycles. The zero-order valence-electron chi connectivity index (χ0n) is 30.5. The van der Waals surface area contributed by atoms with Crippen molar-refractivity contribution in [1.82, 2.24) is 24.7 Å². The van der Waals surface area contributed by atoms with Crippen molar-refractivity contribution in [2.75, 3.05) is 80.2 Å². The minimum atomic E-state index is -1.23. The van der Waals surface area contributed by atoms with Crippen LogP contribution in [0.5, 0.6) is 0 Å². The highest BCUT2D eigenvalue weighted by atomic mass is 16.4. The molecule has 19 nitrogen and oxygen atoms in total. The van der Waals surface area contributed by atoms with E-state index in [4.69, 9.17) is 0 Å². The van der Waals surface area contributed by atoms with Gasteiger partial charge in [0, 0.05) is 61.3 Å². The lowest BCUT2D eigenvalue weighted by Crippen LogP contribution is -2.46. The minimum absolute atomic E-state index is 0.0218. The second-order valence-corrected chi connectivity index (χ2v) is 12.5. The molecule has 7 N–H and O–H groups in total. The van der Waals surface area contributed by atoms with Crippen LogP contribution in [0.3, 0.4) is 0 Å². The van der Waals surface area contributed by atoms with Crippen molar-refractivity contribution in [3.8, 4) is 0 Å². The monoisotopic (exact) mass is 783 g/mol. The van der Waals surface area contributed by atoms with Gasteiger partial charge in [0.1, 0.15) is 11.4 Å². The molecule has 19 heteroatoms. The minimum Gasteiger partial charge on any atom is -0.480 e. The Bertz CT molecular complexity index is 1900. The van der Waals surface area contributed by atoms with Gasteiger partial charge in [-0.3, -0.25) is 58.2 Å². The van der Waals surface area contributed by atoms with Crippen LogP contribution in [-0.2, 0) is 24.0 Å². The molecule has 0 aliphatic carbocycles. The topological polar surface area (TPSA) is 264 Å². The van der Waals surface area contributed by atoms with Crippen molar-refractivity contribution in [3.05, 3.63) is 109 Å². The molecule has 57 heavy (non-hydrogen) atoms. The number of carboxylic acids is 3. The number of carboxylic acid groups (broad SMARTS) is 3. The summed E-state index contributed by atoms with van der Waals surface area (Å²) in [5, 5.41) is 39.3. The van der Waals surface area contributed by atoms with Crippen LogP contribution >= 0.6 is 0 Å². The molecule has 0 saturated carbocycles. The molecule has 298 valence electrons. The lowest BCUT2D eigenvalue weighted by atomic mass is 10.2. The van der Waals surface area contributed by atoms with E-state index in [9.17, 15) is 48.9 Å². The van der Waals surface area contributed by atoms with Gasteiger partial charge in [-0.2, -0.15) is 0 Å². The van der Waals surface area contributed by atoms with Gasteiger partial charge in [-0.05, 0) is 60.7 Å². The Balaban J connectivity index is 1.32. The number of nitrogens with zero attached hydrogens (tertiary/aromatic N) is 5. The number of pyridine rings is 2. The fourth-order valence-corrected chi connectivity index (χ4v) is 5.38. The van der Waals surface area contributed by atoms with Crippen LogP contribution in [0.15, 0.2) is 97.3 Å². The first-order valence-corrected chi connectivity index (χ1v) is 17.4. The molecular weight excluding hydrogens is 742 g/mol. The summed E-state index contributed by atoms with van der Waals surface area (Å²) in [5.41, 5.74) is 1.78. The molecule has 2 aromatic heterocycles. The second kappa shape index (κ2) is 21.7. The molecular formula is C38H41N9O10. The third-order valence-electron chi connectivity index (χ3n) is 7.88. The molecule has 0 bridgehead atoms. The quantitative estimate of drug-likeness (QED) is 0.0599. The first kappa shape index (κ1) is 42.6. The average molecular weight is 784 g/mol. The lowest BCUT2D eigenvalue weighted by Gasteiger charge is -2.28. The first-order chi connectivity index (χ1) is 27.3. The third kappa shape index (κ3) is 15.7. The number of nitrogens with one attached hydrogen (secondary N) is 4. The van der Waals surface area contributed by atoms with Crippen molar-refractivity contribution < 1.29 is 48.9 Å². The van der Waals surface area contributed by atoms with Crippen LogP contribution in [0.2, 0.25) is 0 Å². The van der Waals surface area contributed by atoms with Crippen molar-refractivity contribution in [2.24, 2.45) is 0 Å². The van der Waals surface area contributed by atoms with E-state index in [1.165, 1.54) is 39.2 Å². The van der Waals surface area contributed by atoms with Gasteiger partial charge < -0.3 is 36.6 Å². The highest BCUT2D eigenvalue weighted by molar-refractivity contribution is 6.04. The molecule has 0 radical (unpaired) electrons. The van der Waals surface area contributed by atoms with E-state index >= 15 is 0 Å². The predicted octanol–water partition coefficient (Wildman–Crippen LogP) is 1.72. The number of carbonyl (C=O) groups is 7. The molecule has 4 aromatic rings. The Kier molecular flexibility index (Phi) is 16.2. The summed E-state index contributed by atoms with van der Waals surface area (Å²) in [4.78, 5) is 98.0. The van der Waals surface area contributed by atoms with E-state index in [2.05, 4.69) is 31.2 Å². The molecule has 0 atom stereocenters. The molecule has 0 fully saturated rings. The van der Waals surface area contributed by atoms with Gasteiger partial charge in [0.05, 0.1) is 32.7 Å². The smallest absolute Gasteiger partial charge is 0.317 e. The molecule has 2 aromatic carbocycles. The van der Waals surface area contributed by atoms with Crippen LogP contribution in [0, 0.1) is 0 Å². The highest BCUT2D eigenvalue weighted by Gasteiger charge is 2.20. The molecule has 4 amide bonds. The normalized spacial score (nSPS) is 10.9. The number of aliphatic carboxylic acids is 3.